The first-order valence-corrected chi connectivity index (χ1v) is 6.10. The van der Waals surface area contributed by atoms with E-state index in [1.807, 2.05) is 6.92 Å². The second-order valence-electron chi connectivity index (χ2n) is 3.79. The lowest BCUT2D eigenvalue weighted by molar-refractivity contribution is 0.0902. The van der Waals surface area contributed by atoms with Crippen LogP contribution < -0.4 is 5.32 Å². The maximum absolute atomic E-state index is 11.8. The number of H-pyrrole nitrogens is 1. The third-order valence-corrected chi connectivity index (χ3v) is 3.00. The highest BCUT2D eigenvalue weighted by atomic mass is 79.9. The summed E-state index contributed by atoms with van der Waals surface area (Å²) in [5.74, 6) is -0.0750. The fourth-order valence-electron chi connectivity index (χ4n) is 1.26. The maximum atomic E-state index is 11.8. The molecule has 1 unspecified atom stereocenters. The Morgan fingerprint density at radius 1 is 1.73 bits per heavy atom. The number of nitrogens with one attached hydrogen (secondary N) is 2. The summed E-state index contributed by atoms with van der Waals surface area (Å²) in [7, 11) is 0. The zero-order valence-electron chi connectivity index (χ0n) is 9.01. The summed E-state index contributed by atoms with van der Waals surface area (Å²) in [4.78, 5) is 11.8. The number of amides is 1. The monoisotopic (exact) mass is 273 g/mol. The number of hydrogen-bond donors (Lipinski definition) is 2. The number of nitrogens with zero attached hydrogens (tertiary/aromatic N) is 1. The summed E-state index contributed by atoms with van der Waals surface area (Å²) in [5, 5.41) is 10.3. The van der Waals surface area contributed by atoms with Crippen LogP contribution in [0.15, 0.2) is 12.4 Å². The van der Waals surface area contributed by atoms with E-state index >= 15 is 0 Å². The molecule has 0 radical (unpaired) electrons. The largest absolute Gasteiger partial charge is 0.347 e. The molecular formula is C10H16BrN3O. The zero-order valence-corrected chi connectivity index (χ0v) is 10.6. The molecule has 0 aliphatic carbocycles. The second kappa shape index (κ2) is 5.30. The van der Waals surface area contributed by atoms with Crippen molar-refractivity contribution >= 4 is 21.8 Å². The number of rotatable bonds is 5. The Hall–Kier alpha value is -0.840. The van der Waals surface area contributed by atoms with Crippen LogP contribution in [0.5, 0.6) is 0 Å². The minimum Gasteiger partial charge on any atom is -0.347 e. The molecule has 1 rings (SSSR count). The van der Waals surface area contributed by atoms with E-state index in [-0.39, 0.29) is 11.4 Å². The van der Waals surface area contributed by atoms with Crippen molar-refractivity contribution in [2.45, 2.75) is 32.2 Å². The molecule has 1 aromatic rings. The molecule has 0 aliphatic heterocycles. The Morgan fingerprint density at radius 2 is 2.47 bits per heavy atom. The number of halogens is 1. The molecule has 0 saturated heterocycles. The number of aromatic amines is 1. The van der Waals surface area contributed by atoms with Gasteiger partial charge in [0.05, 0.1) is 11.8 Å². The smallest absolute Gasteiger partial charge is 0.254 e. The molecule has 0 bridgehead atoms. The third-order valence-electron chi connectivity index (χ3n) is 2.60. The van der Waals surface area contributed by atoms with Crippen molar-refractivity contribution < 1.29 is 4.79 Å². The van der Waals surface area contributed by atoms with Crippen molar-refractivity contribution in [1.29, 1.82) is 0 Å². The Bertz CT molecular complexity index is 312. The standard InChI is InChI=1S/C10H16BrN3O/c1-3-10(2,4-5-11)14-9(15)8-6-12-13-7-8/h6-7H,3-5H2,1-2H3,(H,12,13)(H,14,15). The predicted octanol–water partition coefficient (Wildman–Crippen LogP) is 2.09. The number of aromatic nitrogens is 2. The molecule has 0 aliphatic rings. The summed E-state index contributed by atoms with van der Waals surface area (Å²) in [5.41, 5.74) is 0.418. The molecular weight excluding hydrogens is 258 g/mol. The maximum Gasteiger partial charge on any atom is 0.254 e. The molecule has 84 valence electrons. The topological polar surface area (TPSA) is 57.8 Å². The highest BCUT2D eigenvalue weighted by Crippen LogP contribution is 2.16. The molecule has 0 fully saturated rings. The van der Waals surface area contributed by atoms with E-state index < -0.39 is 0 Å². The van der Waals surface area contributed by atoms with Gasteiger partial charge in [-0.25, -0.2) is 0 Å². The van der Waals surface area contributed by atoms with Crippen LogP contribution in [0.2, 0.25) is 0 Å². The molecule has 15 heavy (non-hydrogen) atoms. The van der Waals surface area contributed by atoms with E-state index in [2.05, 4.69) is 38.4 Å². The lowest BCUT2D eigenvalue weighted by atomic mass is 9.95. The third kappa shape index (κ3) is 3.34. The Labute approximate surface area is 98.0 Å². The lowest BCUT2D eigenvalue weighted by Crippen LogP contribution is -2.45. The molecule has 4 nitrogen and oxygen atoms in total. The SMILES string of the molecule is CCC(C)(CCBr)NC(=O)c1cn[nH]c1. The van der Waals surface area contributed by atoms with Gasteiger partial charge in [0.1, 0.15) is 0 Å². The van der Waals surface area contributed by atoms with E-state index in [0.717, 1.165) is 18.2 Å². The molecule has 0 saturated carbocycles. The molecule has 1 atom stereocenters. The summed E-state index contributed by atoms with van der Waals surface area (Å²) >= 11 is 3.39. The van der Waals surface area contributed by atoms with Crippen molar-refractivity contribution in [1.82, 2.24) is 15.5 Å². The second-order valence-corrected chi connectivity index (χ2v) is 4.59. The van der Waals surface area contributed by atoms with Gasteiger partial charge in [-0.2, -0.15) is 5.10 Å². The van der Waals surface area contributed by atoms with Crippen molar-refractivity contribution in [3.05, 3.63) is 18.0 Å². The van der Waals surface area contributed by atoms with Crippen LogP contribution in [-0.2, 0) is 0 Å². The van der Waals surface area contributed by atoms with Gasteiger partial charge in [-0.3, -0.25) is 9.89 Å². The van der Waals surface area contributed by atoms with Gasteiger partial charge in [-0.05, 0) is 19.8 Å². The first kappa shape index (κ1) is 12.2. The van der Waals surface area contributed by atoms with Gasteiger partial charge in [0, 0.05) is 17.1 Å². The van der Waals surface area contributed by atoms with Crippen LogP contribution >= 0.6 is 15.9 Å². The molecule has 1 amide bonds. The summed E-state index contributed by atoms with van der Waals surface area (Å²) in [6.45, 7) is 4.12. The highest BCUT2D eigenvalue weighted by molar-refractivity contribution is 9.09. The molecule has 5 heteroatoms. The van der Waals surface area contributed by atoms with Gasteiger partial charge >= 0.3 is 0 Å². The number of hydrogen-bond acceptors (Lipinski definition) is 2. The number of alkyl halides is 1. The average Bonchev–Trinajstić information content (AvgIpc) is 2.71. The van der Waals surface area contributed by atoms with E-state index in [4.69, 9.17) is 0 Å². The Balaban J connectivity index is 2.63. The molecule has 2 N–H and O–H groups in total. The van der Waals surface area contributed by atoms with Gasteiger partial charge in [0.25, 0.3) is 5.91 Å². The Kier molecular flexibility index (Phi) is 4.32. The van der Waals surface area contributed by atoms with Crippen molar-refractivity contribution in [3.63, 3.8) is 0 Å². The minimum absolute atomic E-state index is 0.0750. The fourth-order valence-corrected chi connectivity index (χ4v) is 2.13. The zero-order chi connectivity index (χ0) is 11.3. The summed E-state index contributed by atoms with van der Waals surface area (Å²) in [6.07, 6.45) is 4.94. The number of carbonyl (C=O) groups is 1. The Morgan fingerprint density at radius 3 is 2.93 bits per heavy atom. The normalized spacial score (nSPS) is 14.6. The molecule has 1 aromatic heterocycles. The van der Waals surface area contributed by atoms with E-state index in [1.165, 1.54) is 6.20 Å². The van der Waals surface area contributed by atoms with Crippen molar-refractivity contribution in [2.75, 3.05) is 5.33 Å². The van der Waals surface area contributed by atoms with Crippen LogP contribution in [0.1, 0.15) is 37.0 Å². The van der Waals surface area contributed by atoms with Crippen LogP contribution in [0, 0.1) is 0 Å². The molecule has 0 spiro atoms. The van der Waals surface area contributed by atoms with Gasteiger partial charge in [-0.1, -0.05) is 22.9 Å². The first-order chi connectivity index (χ1) is 7.11. The average molecular weight is 274 g/mol. The summed E-state index contributed by atoms with van der Waals surface area (Å²) in [6, 6.07) is 0. The summed E-state index contributed by atoms with van der Waals surface area (Å²) < 4.78 is 0. The molecule has 1 heterocycles. The fraction of sp³-hybridized carbons (Fsp3) is 0.600. The predicted molar refractivity (Wildman–Crippen MR) is 63.2 cm³/mol. The van der Waals surface area contributed by atoms with Crippen LogP contribution in [0.4, 0.5) is 0 Å². The van der Waals surface area contributed by atoms with Crippen LogP contribution in [0.25, 0.3) is 0 Å². The lowest BCUT2D eigenvalue weighted by Gasteiger charge is -2.28. The van der Waals surface area contributed by atoms with Crippen LogP contribution in [-0.4, -0.2) is 27.0 Å². The van der Waals surface area contributed by atoms with Crippen LogP contribution in [0.3, 0.4) is 0 Å². The number of carbonyl (C=O) groups excluding carboxylic acids is 1. The van der Waals surface area contributed by atoms with Crippen molar-refractivity contribution in [3.8, 4) is 0 Å². The van der Waals surface area contributed by atoms with E-state index in [0.29, 0.717) is 5.56 Å². The van der Waals surface area contributed by atoms with Gasteiger partial charge in [0.15, 0.2) is 0 Å². The van der Waals surface area contributed by atoms with E-state index in [1.54, 1.807) is 6.20 Å². The quantitative estimate of drug-likeness (QED) is 0.808. The molecule has 0 aromatic carbocycles. The van der Waals surface area contributed by atoms with E-state index in [9.17, 15) is 4.79 Å². The first-order valence-electron chi connectivity index (χ1n) is 4.98. The van der Waals surface area contributed by atoms with Gasteiger partial charge in [0.2, 0.25) is 0 Å². The minimum atomic E-state index is -0.155. The van der Waals surface area contributed by atoms with Crippen molar-refractivity contribution in [2.24, 2.45) is 0 Å². The van der Waals surface area contributed by atoms with Gasteiger partial charge < -0.3 is 5.32 Å². The van der Waals surface area contributed by atoms with Gasteiger partial charge in [-0.15, -0.1) is 0 Å². The highest BCUT2D eigenvalue weighted by Gasteiger charge is 2.24.